The molecule has 0 saturated carbocycles. The van der Waals surface area contributed by atoms with Crippen LogP contribution in [-0.2, 0) is 21.7 Å². The number of methoxy groups -OCH3 is 1. The van der Waals surface area contributed by atoms with E-state index in [9.17, 15) is 0 Å². The Labute approximate surface area is 762 Å². The highest BCUT2D eigenvalue weighted by Gasteiger charge is 2.41. The number of benzene rings is 16. The van der Waals surface area contributed by atoms with Gasteiger partial charge in [-0.25, -0.2) is 0 Å². The molecule has 0 fully saturated rings. The number of rotatable bonds is 19. The first-order valence-corrected chi connectivity index (χ1v) is 45.5. The lowest BCUT2D eigenvalue weighted by molar-refractivity contribution is 0.411. The number of aryl methyl sites for hydroxylation is 17. The zero-order valence-electron chi connectivity index (χ0n) is 80.0. The molecule has 0 atom stereocenters. The minimum atomic E-state index is -0.449. The molecule has 0 heterocycles. The smallest absolute Gasteiger partial charge is 0.122 e. The second-order valence-corrected chi connectivity index (χ2v) is 37.4. The minimum absolute atomic E-state index is 0.136. The molecule has 642 valence electrons. The van der Waals surface area contributed by atoms with Gasteiger partial charge in [-0.1, -0.05) is 401 Å². The summed E-state index contributed by atoms with van der Waals surface area (Å²) in [7, 11) is 1.75. The van der Waals surface area contributed by atoms with Crippen LogP contribution in [0.3, 0.4) is 0 Å². The summed E-state index contributed by atoms with van der Waals surface area (Å²) in [5.41, 5.74) is 46.8. The number of hydrogen-bond donors (Lipinski definition) is 0. The lowest BCUT2D eigenvalue weighted by atomic mass is 9.63. The Kier molecular flexibility index (Phi) is 28.6. The minimum Gasteiger partial charge on any atom is -0.496 e. The fourth-order valence-electron chi connectivity index (χ4n) is 18.5. The average Bonchev–Trinajstić information content (AvgIpc) is 0.721. The van der Waals surface area contributed by atoms with Crippen LogP contribution in [0.4, 0.5) is 0 Å². The second kappa shape index (κ2) is 39.5. The molecule has 16 aromatic carbocycles. The normalized spacial score (nSPS) is 11.6. The number of ether oxygens (including phenoxy) is 1. The van der Waals surface area contributed by atoms with Crippen molar-refractivity contribution >= 4 is 0 Å². The van der Waals surface area contributed by atoms with Crippen LogP contribution in [0.2, 0.25) is 0 Å². The highest BCUT2D eigenvalue weighted by Crippen LogP contribution is 2.50. The lowest BCUT2D eigenvalue weighted by Crippen LogP contribution is -2.32. The van der Waals surface area contributed by atoms with Crippen molar-refractivity contribution in [1.82, 2.24) is 0 Å². The van der Waals surface area contributed by atoms with Gasteiger partial charge < -0.3 is 4.74 Å². The zero-order chi connectivity index (χ0) is 90.8. The topological polar surface area (TPSA) is 9.23 Å². The Morgan fingerprint density at radius 1 is 0.165 bits per heavy atom. The third kappa shape index (κ3) is 20.3. The van der Waals surface area contributed by atoms with Gasteiger partial charge in [-0.3, -0.25) is 0 Å². The van der Waals surface area contributed by atoms with Gasteiger partial charge in [0, 0.05) is 33.5 Å². The Morgan fingerprint density at radius 2 is 0.362 bits per heavy atom. The van der Waals surface area contributed by atoms with Gasteiger partial charge in [-0.2, -0.15) is 0 Å². The van der Waals surface area contributed by atoms with E-state index in [1.54, 1.807) is 7.11 Å². The molecule has 1 heteroatoms. The lowest BCUT2D eigenvalue weighted by Gasteiger charge is -2.39. The van der Waals surface area contributed by atoms with Crippen molar-refractivity contribution in [3.63, 3.8) is 0 Å². The van der Waals surface area contributed by atoms with E-state index in [0.29, 0.717) is 0 Å². The van der Waals surface area contributed by atoms with E-state index in [0.717, 1.165) is 11.3 Å². The van der Waals surface area contributed by atoms with Crippen molar-refractivity contribution in [1.29, 1.82) is 0 Å². The molecule has 1 nitrogen and oxygen atoms in total. The molecular formula is C126H132O. The molecule has 0 aliphatic heterocycles. The van der Waals surface area contributed by atoms with Crippen LogP contribution in [-0.4, -0.2) is 7.11 Å². The van der Waals surface area contributed by atoms with E-state index in [1.165, 1.54) is 200 Å². The fourth-order valence-corrected chi connectivity index (χ4v) is 18.5. The van der Waals surface area contributed by atoms with Crippen LogP contribution in [0.15, 0.2) is 352 Å². The monoisotopic (exact) mass is 1660 g/mol. The van der Waals surface area contributed by atoms with Crippen molar-refractivity contribution < 1.29 is 4.74 Å². The maximum Gasteiger partial charge on any atom is 0.122 e. The van der Waals surface area contributed by atoms with E-state index in [1.807, 2.05) is 0 Å². The SMILES string of the molecule is COc1cc(C(c2cc(C)c(C)c(C)c2)c2cc(C)c(C)c(C)c2)ccc1C.Cc1ccc(C(C)(c2ccc(C)cc2)c2cc(C(C)(c3ccc(C)cc3)c3ccc(C)cc3)cc(C(C)(c3ccc(C)cc3)c3ccc(C)cc3)c2)cc1.Cc1ccc(C(C)(c2ccccc2)c2ccc(C)cc2)cc1.Cc1ccc(C(c2ccc(C)cc2)c2ccc(C)c(C)c2)cc1. The van der Waals surface area contributed by atoms with Gasteiger partial charge in [0.2, 0.25) is 0 Å². The molecule has 0 amide bonds. The molecular weight excluding hydrogens is 1530 g/mol. The highest BCUT2D eigenvalue weighted by atomic mass is 16.5. The van der Waals surface area contributed by atoms with Gasteiger partial charge in [0.15, 0.2) is 0 Å². The summed E-state index contributed by atoms with van der Waals surface area (Å²) in [6.07, 6.45) is 0. The van der Waals surface area contributed by atoms with Crippen LogP contribution < -0.4 is 4.74 Å². The van der Waals surface area contributed by atoms with Crippen molar-refractivity contribution in [2.45, 2.75) is 193 Å². The molecule has 127 heavy (non-hydrogen) atoms. The molecule has 0 radical (unpaired) electrons. The first-order valence-electron chi connectivity index (χ1n) is 45.5. The van der Waals surface area contributed by atoms with Crippen molar-refractivity contribution in [2.24, 2.45) is 0 Å². The van der Waals surface area contributed by atoms with Crippen molar-refractivity contribution in [3.05, 3.63) is 558 Å². The quantitative estimate of drug-likeness (QED) is 0.0733. The van der Waals surface area contributed by atoms with E-state index in [-0.39, 0.29) is 17.3 Å². The van der Waals surface area contributed by atoms with Gasteiger partial charge in [-0.15, -0.1) is 0 Å². The van der Waals surface area contributed by atoms with Gasteiger partial charge in [-0.05, 0) is 316 Å². The Hall–Kier alpha value is -12.7. The maximum atomic E-state index is 5.64. The first kappa shape index (κ1) is 92.0. The van der Waals surface area contributed by atoms with Gasteiger partial charge in [0.25, 0.3) is 0 Å². The molecule has 0 bridgehead atoms. The van der Waals surface area contributed by atoms with Crippen LogP contribution in [0, 0.1) is 132 Å². The summed E-state index contributed by atoms with van der Waals surface area (Å²) in [4.78, 5) is 0. The summed E-state index contributed by atoms with van der Waals surface area (Å²) < 4.78 is 5.64. The summed E-state index contributed by atoms with van der Waals surface area (Å²) in [5, 5.41) is 0. The standard InChI is InChI=1S/C54H54.C27H32O.C23H24.C22H22/c1-37-10-22-43(23-11-37)52(7,44-24-12-38(2)13-25-44)49-34-50(53(8,45-26-14-39(3)15-27-45)46-28-16-40(4)17-29-46)36-51(35-49)54(9,47-30-18-41(5)19-31-47)48-32-20-42(6)21-33-48;1-16-9-10-23(15-26(16)28-8)27(24-11-17(2)21(6)18(3)12-24)25-13-19(4)22(7)20(5)14-25;1-16-5-10-20(11-6-16)23(21-12-7-17(2)8-13-21)22-14-9-18(3)19(4)15-22;1-17-9-13-20(14-10-17)22(3,19-7-5-4-6-8-19)21-15-11-18(2)12-16-21/h10-36H,1-9H3;9-15,27H,1-8H3;5-15,23H,1-4H3;4-16H,1-3H3. The second-order valence-electron chi connectivity index (χ2n) is 37.4. The molecule has 16 rings (SSSR count). The molecule has 0 N–H and O–H groups in total. The predicted octanol–water partition coefficient (Wildman–Crippen LogP) is 32.4. The fraction of sp³-hybridized carbons (Fsp3) is 0.238. The van der Waals surface area contributed by atoms with E-state index < -0.39 is 16.2 Å². The molecule has 0 unspecified atom stereocenters. The molecule has 0 spiro atoms. The Bertz CT molecular complexity index is 5780. The van der Waals surface area contributed by atoms with E-state index >= 15 is 0 Å². The predicted molar refractivity (Wildman–Crippen MR) is 544 cm³/mol. The van der Waals surface area contributed by atoms with E-state index in [4.69, 9.17) is 4.74 Å². The average molecular weight is 1660 g/mol. The van der Waals surface area contributed by atoms with Gasteiger partial charge in [0.05, 0.1) is 7.11 Å². The van der Waals surface area contributed by atoms with Crippen LogP contribution in [0.25, 0.3) is 0 Å². The molecule has 0 aromatic heterocycles. The Balaban J connectivity index is 0.000000158. The van der Waals surface area contributed by atoms with Crippen molar-refractivity contribution in [2.75, 3.05) is 7.11 Å². The zero-order valence-corrected chi connectivity index (χ0v) is 80.0. The molecule has 0 aliphatic rings. The van der Waals surface area contributed by atoms with Crippen molar-refractivity contribution in [3.8, 4) is 5.75 Å². The molecule has 16 aromatic rings. The third-order valence-corrected chi connectivity index (χ3v) is 28.1. The highest BCUT2D eigenvalue weighted by molar-refractivity contribution is 5.63. The molecule has 0 saturated heterocycles. The summed E-state index contributed by atoms with van der Waals surface area (Å²) >= 11 is 0. The third-order valence-electron chi connectivity index (χ3n) is 28.1. The molecule has 0 aliphatic carbocycles. The van der Waals surface area contributed by atoms with Gasteiger partial charge >= 0.3 is 0 Å². The Morgan fingerprint density at radius 3 is 0.606 bits per heavy atom. The van der Waals surface area contributed by atoms with Gasteiger partial charge in [0.1, 0.15) is 5.75 Å². The first-order chi connectivity index (χ1) is 60.7. The van der Waals surface area contributed by atoms with E-state index in [2.05, 4.69) is 511 Å². The summed E-state index contributed by atoms with van der Waals surface area (Å²) in [6.45, 7) is 50.9. The largest absolute Gasteiger partial charge is 0.496 e. The van der Waals surface area contributed by atoms with Crippen LogP contribution in [0.5, 0.6) is 5.75 Å². The maximum absolute atomic E-state index is 5.64. The summed E-state index contributed by atoms with van der Waals surface area (Å²) in [5.74, 6) is 1.42. The van der Waals surface area contributed by atoms with Crippen LogP contribution >= 0.6 is 0 Å². The van der Waals surface area contributed by atoms with Crippen LogP contribution in [0.1, 0.15) is 245 Å². The number of hydrogen-bond acceptors (Lipinski definition) is 1. The summed E-state index contributed by atoms with van der Waals surface area (Å²) in [6, 6.07) is 132.